The number of hydrogen-bond acceptors (Lipinski definition) is 5. The Morgan fingerprint density at radius 3 is 1.29 bits per heavy atom. The first kappa shape index (κ1) is 29.9. The van der Waals surface area contributed by atoms with Gasteiger partial charge < -0.3 is 9.90 Å². The SMILES string of the molecule is Fc1ccc(-c2ccccn2)c(F)c1.Fc1ccc(-c2ccccn2)c(F)c1.O=C([O-])c1ccccn1.[Ru+3]. The first-order valence-corrected chi connectivity index (χ1v) is 10.7. The van der Waals surface area contributed by atoms with Gasteiger partial charge in [0.15, 0.2) is 0 Å². The van der Waals surface area contributed by atoms with Crippen LogP contribution in [0.3, 0.4) is 0 Å². The molecule has 0 unspecified atom stereocenters. The van der Waals surface area contributed by atoms with E-state index in [1.54, 1.807) is 60.9 Å². The van der Waals surface area contributed by atoms with Gasteiger partial charge in [0, 0.05) is 41.9 Å². The molecule has 3 heterocycles. The Balaban J connectivity index is 0.000000203. The molecule has 0 saturated heterocycles. The van der Waals surface area contributed by atoms with E-state index in [4.69, 9.17) is 0 Å². The number of carboxylic acids is 1. The maximum absolute atomic E-state index is 13.3. The Labute approximate surface area is 228 Å². The summed E-state index contributed by atoms with van der Waals surface area (Å²) in [5.41, 5.74) is 1.60. The third-order valence-corrected chi connectivity index (χ3v) is 4.62. The van der Waals surface area contributed by atoms with Crippen LogP contribution in [0, 0.1) is 23.3 Å². The molecule has 1 radical (unpaired) electrons. The van der Waals surface area contributed by atoms with Crippen molar-refractivity contribution in [2.24, 2.45) is 0 Å². The number of benzene rings is 2. The van der Waals surface area contributed by atoms with Crippen molar-refractivity contribution >= 4 is 5.97 Å². The van der Waals surface area contributed by atoms with Crippen LogP contribution < -0.4 is 5.11 Å². The number of rotatable bonds is 3. The minimum absolute atomic E-state index is 0. The van der Waals surface area contributed by atoms with E-state index < -0.39 is 29.2 Å². The summed E-state index contributed by atoms with van der Waals surface area (Å²) in [5.74, 6) is -3.59. The summed E-state index contributed by atoms with van der Waals surface area (Å²) in [7, 11) is 0. The number of pyridine rings is 3. The molecule has 5 nitrogen and oxygen atoms in total. The predicted molar refractivity (Wildman–Crippen MR) is 128 cm³/mol. The van der Waals surface area contributed by atoms with E-state index >= 15 is 0 Å². The Bertz CT molecular complexity index is 1360. The van der Waals surface area contributed by atoms with E-state index in [0.29, 0.717) is 22.5 Å². The smallest absolute Gasteiger partial charge is 0.543 e. The molecule has 0 fully saturated rings. The largest absolute Gasteiger partial charge is 3.00 e. The first-order valence-electron chi connectivity index (χ1n) is 10.7. The maximum atomic E-state index is 13.3. The van der Waals surface area contributed by atoms with Gasteiger partial charge in [0.1, 0.15) is 23.3 Å². The van der Waals surface area contributed by atoms with Crippen molar-refractivity contribution in [3.63, 3.8) is 0 Å². The average molecular weight is 606 g/mol. The standard InChI is InChI=1S/2C11H7F2N.C6H5NO2.Ru/c2*12-8-4-5-9(10(13)7-8)11-3-1-2-6-14-11;8-6(9)5-3-1-2-4-7-5;/h2*1-7H;1-4H,(H,8,9);/q;;;+3/p-1. The molecule has 0 aliphatic heterocycles. The number of hydrogen-bond donors (Lipinski definition) is 0. The normalized spacial score (nSPS) is 9.58. The van der Waals surface area contributed by atoms with Crippen molar-refractivity contribution in [3.8, 4) is 22.5 Å². The van der Waals surface area contributed by atoms with Gasteiger partial charge in [-0.1, -0.05) is 18.2 Å². The number of aromatic nitrogens is 3. The van der Waals surface area contributed by atoms with Gasteiger partial charge in [-0.15, -0.1) is 0 Å². The van der Waals surface area contributed by atoms with Crippen LogP contribution in [0.2, 0.25) is 0 Å². The van der Waals surface area contributed by atoms with Crippen LogP contribution in [-0.2, 0) is 19.5 Å². The zero-order valence-corrected chi connectivity index (χ0v) is 21.2. The van der Waals surface area contributed by atoms with Gasteiger partial charge in [0.25, 0.3) is 0 Å². The summed E-state index contributed by atoms with van der Waals surface area (Å²) in [6, 6.07) is 21.9. The van der Waals surface area contributed by atoms with Crippen LogP contribution in [-0.4, -0.2) is 20.9 Å². The summed E-state index contributed by atoms with van der Waals surface area (Å²) in [4.78, 5) is 21.5. The molecule has 5 rings (SSSR count). The van der Waals surface area contributed by atoms with E-state index in [2.05, 4.69) is 15.0 Å². The number of aromatic carboxylic acids is 1. The first-order chi connectivity index (χ1) is 17.8. The second kappa shape index (κ2) is 15.1. The number of carboxylic acid groups (broad SMARTS) is 1. The van der Waals surface area contributed by atoms with E-state index in [9.17, 15) is 27.5 Å². The monoisotopic (exact) mass is 606 g/mol. The van der Waals surface area contributed by atoms with Crippen molar-refractivity contribution in [2.75, 3.05) is 0 Å². The van der Waals surface area contributed by atoms with Gasteiger partial charge in [0.05, 0.1) is 23.1 Å². The molecular formula is C28H18F4N3O2Ru+2. The Hall–Kier alpha value is -4.30. The Morgan fingerprint density at radius 2 is 1.00 bits per heavy atom. The second-order valence-electron chi connectivity index (χ2n) is 7.18. The topological polar surface area (TPSA) is 78.8 Å². The predicted octanol–water partition coefficient (Wildman–Crippen LogP) is 5.50. The molecule has 0 N–H and O–H groups in total. The molecule has 191 valence electrons. The van der Waals surface area contributed by atoms with Crippen LogP contribution >= 0.6 is 0 Å². The zero-order valence-electron chi connectivity index (χ0n) is 19.4. The molecule has 38 heavy (non-hydrogen) atoms. The van der Waals surface area contributed by atoms with Crippen molar-refractivity contribution < 1.29 is 46.9 Å². The number of carbonyl (C=O) groups excluding carboxylic acids is 1. The molecule has 10 heteroatoms. The minimum Gasteiger partial charge on any atom is -0.543 e. The molecule has 0 bridgehead atoms. The van der Waals surface area contributed by atoms with Crippen molar-refractivity contribution in [2.45, 2.75) is 0 Å². The van der Waals surface area contributed by atoms with Crippen molar-refractivity contribution in [1.29, 1.82) is 0 Å². The van der Waals surface area contributed by atoms with Gasteiger partial charge >= 0.3 is 19.5 Å². The number of carbonyl (C=O) groups is 1. The summed E-state index contributed by atoms with van der Waals surface area (Å²) >= 11 is 0. The third-order valence-electron chi connectivity index (χ3n) is 4.62. The summed E-state index contributed by atoms with van der Waals surface area (Å²) in [6.45, 7) is 0. The second-order valence-corrected chi connectivity index (χ2v) is 7.18. The van der Waals surface area contributed by atoms with Crippen molar-refractivity contribution in [1.82, 2.24) is 15.0 Å². The van der Waals surface area contributed by atoms with Gasteiger partial charge in [-0.25, -0.2) is 17.6 Å². The van der Waals surface area contributed by atoms with Crippen LogP contribution in [0.4, 0.5) is 17.6 Å². The van der Waals surface area contributed by atoms with Crippen LogP contribution in [0.25, 0.3) is 22.5 Å². The molecule has 0 amide bonds. The van der Waals surface area contributed by atoms with Gasteiger partial charge in [-0.05, 0) is 60.7 Å². The molecule has 2 aromatic carbocycles. The third kappa shape index (κ3) is 8.98. The van der Waals surface area contributed by atoms with E-state index in [1.165, 1.54) is 36.5 Å². The Morgan fingerprint density at radius 1 is 0.579 bits per heavy atom. The molecule has 0 saturated carbocycles. The Kier molecular flexibility index (Phi) is 11.9. The molecule has 0 aliphatic carbocycles. The molecule has 5 aromatic rings. The average Bonchev–Trinajstić information content (AvgIpc) is 2.91. The molecule has 0 atom stereocenters. The van der Waals surface area contributed by atoms with Crippen LogP contribution in [0.5, 0.6) is 0 Å². The fourth-order valence-electron chi connectivity index (χ4n) is 2.92. The van der Waals surface area contributed by atoms with Gasteiger partial charge in [-0.3, -0.25) is 15.0 Å². The molecule has 3 aromatic heterocycles. The van der Waals surface area contributed by atoms with E-state index in [-0.39, 0.29) is 25.2 Å². The van der Waals surface area contributed by atoms with E-state index in [0.717, 1.165) is 12.1 Å². The molecule has 0 aliphatic rings. The summed E-state index contributed by atoms with van der Waals surface area (Å²) in [6.07, 6.45) is 4.54. The minimum atomic E-state index is -1.24. The quantitative estimate of drug-likeness (QED) is 0.201. The van der Waals surface area contributed by atoms with Crippen LogP contribution in [0.15, 0.2) is 110 Å². The summed E-state index contributed by atoms with van der Waals surface area (Å²) < 4.78 is 51.7. The summed E-state index contributed by atoms with van der Waals surface area (Å²) in [5, 5.41) is 10.0. The molecule has 0 spiro atoms. The number of nitrogens with zero attached hydrogens (tertiary/aromatic N) is 3. The fraction of sp³-hybridized carbons (Fsp3) is 0. The number of halogens is 4. The van der Waals surface area contributed by atoms with Gasteiger partial charge in [0.2, 0.25) is 0 Å². The van der Waals surface area contributed by atoms with Gasteiger partial charge in [-0.2, -0.15) is 0 Å². The zero-order chi connectivity index (χ0) is 26.6. The maximum Gasteiger partial charge on any atom is 3.00 e. The van der Waals surface area contributed by atoms with E-state index in [1.807, 2.05) is 0 Å². The van der Waals surface area contributed by atoms with Crippen molar-refractivity contribution in [3.05, 3.63) is 139 Å². The molecular weight excluding hydrogens is 587 g/mol. The van der Waals surface area contributed by atoms with Crippen LogP contribution in [0.1, 0.15) is 10.5 Å². The fourth-order valence-corrected chi connectivity index (χ4v) is 2.92.